The lowest BCUT2D eigenvalue weighted by Gasteiger charge is -2.26. The minimum atomic E-state index is -0.666. The van der Waals surface area contributed by atoms with Gasteiger partial charge in [-0.25, -0.2) is 0 Å². The van der Waals surface area contributed by atoms with Crippen LogP contribution in [0.2, 0.25) is 0 Å². The number of benzene rings is 1. The van der Waals surface area contributed by atoms with Crippen molar-refractivity contribution < 1.29 is 10.2 Å². The van der Waals surface area contributed by atoms with Crippen LogP contribution in [-0.2, 0) is 6.42 Å². The zero-order chi connectivity index (χ0) is 15.9. The van der Waals surface area contributed by atoms with Crippen LogP contribution in [0.15, 0.2) is 24.3 Å². The van der Waals surface area contributed by atoms with Gasteiger partial charge in [-0.2, -0.15) is 0 Å². The van der Waals surface area contributed by atoms with Crippen LogP contribution >= 0.6 is 0 Å². The summed E-state index contributed by atoms with van der Waals surface area (Å²) >= 11 is 0. The SMILES string of the molecule is CCC(O)(CC)CNCC(O)c1ccc(CC(C)C)cc1. The predicted octanol–water partition coefficient (Wildman–Crippen LogP) is 3.06. The average Bonchev–Trinajstić information content (AvgIpc) is 2.47. The molecule has 0 heterocycles. The maximum Gasteiger partial charge on any atom is 0.0914 e. The topological polar surface area (TPSA) is 52.5 Å². The summed E-state index contributed by atoms with van der Waals surface area (Å²) in [4.78, 5) is 0. The minimum Gasteiger partial charge on any atom is -0.389 e. The standard InChI is InChI=1S/C18H31NO2/c1-5-18(21,6-2)13-19-12-17(20)16-9-7-15(8-10-16)11-14(3)4/h7-10,14,17,19-21H,5-6,11-13H2,1-4H3. The van der Waals surface area contributed by atoms with Crippen molar-refractivity contribution in [1.29, 1.82) is 0 Å². The maximum absolute atomic E-state index is 10.2. The second-order valence-electron chi connectivity index (χ2n) is 6.42. The van der Waals surface area contributed by atoms with E-state index in [1.807, 2.05) is 26.0 Å². The van der Waals surface area contributed by atoms with Gasteiger partial charge < -0.3 is 15.5 Å². The molecule has 0 bridgehead atoms. The van der Waals surface area contributed by atoms with E-state index in [1.54, 1.807) is 0 Å². The molecular weight excluding hydrogens is 262 g/mol. The Morgan fingerprint density at radius 2 is 1.67 bits per heavy atom. The molecule has 1 unspecified atom stereocenters. The van der Waals surface area contributed by atoms with E-state index in [4.69, 9.17) is 0 Å². The van der Waals surface area contributed by atoms with Crippen LogP contribution in [-0.4, -0.2) is 28.9 Å². The van der Waals surface area contributed by atoms with Gasteiger partial charge in [-0.15, -0.1) is 0 Å². The highest BCUT2D eigenvalue weighted by Gasteiger charge is 2.21. The second-order valence-corrected chi connectivity index (χ2v) is 6.42. The van der Waals surface area contributed by atoms with Crippen molar-refractivity contribution in [3.8, 4) is 0 Å². The fraction of sp³-hybridized carbons (Fsp3) is 0.667. The van der Waals surface area contributed by atoms with E-state index in [0.717, 1.165) is 24.8 Å². The lowest BCUT2D eigenvalue weighted by Crippen LogP contribution is -2.40. The molecule has 1 atom stereocenters. The lowest BCUT2D eigenvalue weighted by atomic mass is 9.97. The normalized spacial score (nSPS) is 13.7. The van der Waals surface area contributed by atoms with Crippen molar-refractivity contribution >= 4 is 0 Å². The molecular formula is C18H31NO2. The zero-order valence-corrected chi connectivity index (χ0v) is 13.9. The molecule has 3 heteroatoms. The molecule has 0 saturated carbocycles. The zero-order valence-electron chi connectivity index (χ0n) is 13.9. The molecule has 0 radical (unpaired) electrons. The van der Waals surface area contributed by atoms with Crippen molar-refractivity contribution in [1.82, 2.24) is 5.32 Å². The third kappa shape index (κ3) is 6.16. The predicted molar refractivity (Wildman–Crippen MR) is 88.3 cm³/mol. The molecule has 0 spiro atoms. The number of rotatable bonds is 9. The van der Waals surface area contributed by atoms with Crippen molar-refractivity contribution in [3.05, 3.63) is 35.4 Å². The number of nitrogens with one attached hydrogen (secondary N) is 1. The van der Waals surface area contributed by atoms with E-state index in [1.165, 1.54) is 5.56 Å². The molecule has 1 aromatic carbocycles. The summed E-state index contributed by atoms with van der Waals surface area (Å²) in [6.07, 6.45) is 1.97. The van der Waals surface area contributed by atoms with Crippen LogP contribution in [0.1, 0.15) is 57.8 Å². The van der Waals surface area contributed by atoms with Gasteiger partial charge in [0.05, 0.1) is 11.7 Å². The smallest absolute Gasteiger partial charge is 0.0914 e. The minimum absolute atomic E-state index is 0.464. The van der Waals surface area contributed by atoms with Crippen LogP contribution in [0.3, 0.4) is 0 Å². The van der Waals surface area contributed by atoms with Crippen LogP contribution in [0, 0.1) is 5.92 Å². The van der Waals surface area contributed by atoms with E-state index in [2.05, 4.69) is 31.3 Å². The van der Waals surface area contributed by atoms with E-state index in [-0.39, 0.29) is 0 Å². The Bertz CT molecular complexity index is 396. The Hall–Kier alpha value is -0.900. The van der Waals surface area contributed by atoms with Crippen molar-refractivity contribution in [2.75, 3.05) is 13.1 Å². The molecule has 0 aromatic heterocycles. The van der Waals surface area contributed by atoms with Gasteiger partial charge in [-0.1, -0.05) is 52.0 Å². The molecule has 0 fully saturated rings. The van der Waals surface area contributed by atoms with Gasteiger partial charge in [-0.3, -0.25) is 0 Å². The van der Waals surface area contributed by atoms with E-state index in [0.29, 0.717) is 19.0 Å². The highest BCUT2D eigenvalue weighted by molar-refractivity contribution is 5.24. The molecule has 0 saturated heterocycles. The summed E-state index contributed by atoms with van der Waals surface area (Å²) in [5.41, 5.74) is 1.56. The lowest BCUT2D eigenvalue weighted by molar-refractivity contribution is 0.0293. The summed E-state index contributed by atoms with van der Waals surface area (Å²) < 4.78 is 0. The quantitative estimate of drug-likeness (QED) is 0.656. The fourth-order valence-electron chi connectivity index (χ4n) is 2.41. The van der Waals surface area contributed by atoms with Crippen molar-refractivity contribution in [2.24, 2.45) is 5.92 Å². The Labute approximate surface area is 129 Å². The summed E-state index contributed by atoms with van der Waals surface area (Å²) in [5, 5.41) is 23.6. The highest BCUT2D eigenvalue weighted by Crippen LogP contribution is 2.16. The van der Waals surface area contributed by atoms with Gasteiger partial charge >= 0.3 is 0 Å². The first kappa shape index (κ1) is 18.1. The largest absolute Gasteiger partial charge is 0.389 e. The van der Waals surface area contributed by atoms with Crippen LogP contribution in [0.25, 0.3) is 0 Å². The van der Waals surface area contributed by atoms with Gasteiger partial charge in [0.1, 0.15) is 0 Å². The fourth-order valence-corrected chi connectivity index (χ4v) is 2.41. The Kier molecular flexibility index (Phi) is 7.36. The van der Waals surface area contributed by atoms with Gasteiger partial charge in [0.2, 0.25) is 0 Å². The van der Waals surface area contributed by atoms with Crippen LogP contribution in [0.4, 0.5) is 0 Å². The molecule has 0 aliphatic heterocycles. The molecule has 1 aromatic rings. The summed E-state index contributed by atoms with van der Waals surface area (Å²) in [7, 11) is 0. The van der Waals surface area contributed by atoms with E-state index in [9.17, 15) is 10.2 Å². The van der Waals surface area contributed by atoms with Gasteiger partial charge in [0.25, 0.3) is 0 Å². The first-order valence-corrected chi connectivity index (χ1v) is 8.10. The van der Waals surface area contributed by atoms with Gasteiger partial charge in [0, 0.05) is 13.1 Å². The van der Waals surface area contributed by atoms with Crippen LogP contribution < -0.4 is 5.32 Å². The second kappa shape index (κ2) is 8.52. The van der Waals surface area contributed by atoms with Gasteiger partial charge in [0.15, 0.2) is 0 Å². The first-order chi connectivity index (χ1) is 9.90. The molecule has 0 aliphatic carbocycles. The molecule has 3 nitrogen and oxygen atoms in total. The Balaban J connectivity index is 2.46. The third-order valence-electron chi connectivity index (χ3n) is 4.12. The first-order valence-electron chi connectivity index (χ1n) is 8.10. The summed E-state index contributed by atoms with van der Waals surface area (Å²) in [6, 6.07) is 8.17. The number of hydrogen-bond donors (Lipinski definition) is 3. The number of hydrogen-bond acceptors (Lipinski definition) is 3. The molecule has 0 aliphatic rings. The molecule has 1 rings (SSSR count). The van der Waals surface area contributed by atoms with Crippen molar-refractivity contribution in [3.63, 3.8) is 0 Å². The molecule has 3 N–H and O–H groups in total. The number of aliphatic hydroxyl groups excluding tert-OH is 1. The number of aliphatic hydroxyl groups is 2. The monoisotopic (exact) mass is 293 g/mol. The maximum atomic E-state index is 10.2. The van der Waals surface area contributed by atoms with Crippen LogP contribution in [0.5, 0.6) is 0 Å². The molecule has 0 amide bonds. The third-order valence-corrected chi connectivity index (χ3v) is 4.12. The van der Waals surface area contributed by atoms with E-state index >= 15 is 0 Å². The average molecular weight is 293 g/mol. The summed E-state index contributed by atoms with van der Waals surface area (Å²) in [6.45, 7) is 9.35. The highest BCUT2D eigenvalue weighted by atomic mass is 16.3. The molecule has 21 heavy (non-hydrogen) atoms. The van der Waals surface area contributed by atoms with E-state index < -0.39 is 11.7 Å². The van der Waals surface area contributed by atoms with Crippen molar-refractivity contribution in [2.45, 2.75) is 58.7 Å². The Morgan fingerprint density at radius 3 is 2.14 bits per heavy atom. The Morgan fingerprint density at radius 1 is 1.10 bits per heavy atom. The summed E-state index contributed by atoms with van der Waals surface area (Å²) in [5.74, 6) is 0.642. The van der Waals surface area contributed by atoms with Gasteiger partial charge in [-0.05, 0) is 36.3 Å². The molecule has 120 valence electrons.